The van der Waals surface area contributed by atoms with E-state index in [0.29, 0.717) is 0 Å². The molecule has 1 aromatic heterocycles. The van der Waals surface area contributed by atoms with Crippen LogP contribution in [0.4, 0.5) is 0 Å². The minimum Gasteiger partial charge on any atom is -0.357 e. The fraction of sp³-hybridized carbons (Fsp3) is 0.467. The van der Waals surface area contributed by atoms with Crippen LogP contribution in [-0.4, -0.2) is 11.5 Å². The lowest BCUT2D eigenvalue weighted by Crippen LogP contribution is -2.23. The molecule has 0 radical (unpaired) electrons. The fourth-order valence-corrected chi connectivity index (χ4v) is 3.08. The Kier molecular flexibility index (Phi) is 2.30. The van der Waals surface area contributed by atoms with Gasteiger partial charge in [-0.1, -0.05) is 0 Å². The minimum atomic E-state index is 0.987. The van der Waals surface area contributed by atoms with E-state index in [1.165, 1.54) is 38.9 Å². The van der Waals surface area contributed by atoms with Crippen molar-refractivity contribution in [3.05, 3.63) is 33.5 Å². The van der Waals surface area contributed by atoms with Crippen LogP contribution < -0.4 is 5.32 Å². The van der Waals surface area contributed by atoms with Crippen molar-refractivity contribution in [1.29, 1.82) is 0 Å². The van der Waals surface area contributed by atoms with Crippen LogP contribution in [0.5, 0.6) is 0 Å². The van der Waals surface area contributed by atoms with E-state index in [0.717, 1.165) is 19.5 Å². The molecule has 0 unspecified atom stereocenters. The van der Waals surface area contributed by atoms with Gasteiger partial charge in [0.15, 0.2) is 0 Å². The van der Waals surface area contributed by atoms with Gasteiger partial charge in [0.1, 0.15) is 0 Å². The van der Waals surface area contributed by atoms with Crippen molar-refractivity contribution >= 4 is 10.9 Å². The largest absolute Gasteiger partial charge is 0.357 e. The molecule has 0 spiro atoms. The Hall–Kier alpha value is -1.28. The first-order valence-corrected chi connectivity index (χ1v) is 6.41. The fourth-order valence-electron chi connectivity index (χ4n) is 3.08. The molecular formula is C15H20N2. The Morgan fingerprint density at radius 3 is 2.35 bits per heavy atom. The molecule has 0 saturated carbocycles. The zero-order valence-corrected chi connectivity index (χ0v) is 11.1. The molecule has 2 N–H and O–H groups in total. The van der Waals surface area contributed by atoms with E-state index in [1.807, 2.05) is 0 Å². The summed E-state index contributed by atoms with van der Waals surface area (Å²) in [5.41, 5.74) is 10.1. The first kappa shape index (κ1) is 10.8. The third-order valence-corrected chi connectivity index (χ3v) is 4.48. The van der Waals surface area contributed by atoms with Crippen LogP contribution in [0, 0.1) is 27.7 Å². The van der Waals surface area contributed by atoms with Gasteiger partial charge in [0.25, 0.3) is 0 Å². The molecule has 3 rings (SSSR count). The first-order chi connectivity index (χ1) is 8.11. The quantitative estimate of drug-likeness (QED) is 0.712. The van der Waals surface area contributed by atoms with Crippen molar-refractivity contribution in [1.82, 2.24) is 10.3 Å². The zero-order valence-electron chi connectivity index (χ0n) is 11.1. The van der Waals surface area contributed by atoms with Crippen LogP contribution in [0.3, 0.4) is 0 Å². The number of rotatable bonds is 0. The van der Waals surface area contributed by atoms with Crippen molar-refractivity contribution < 1.29 is 0 Å². The van der Waals surface area contributed by atoms with Crippen molar-refractivity contribution in [3.8, 4) is 0 Å². The summed E-state index contributed by atoms with van der Waals surface area (Å²) in [5, 5.41) is 4.93. The summed E-state index contributed by atoms with van der Waals surface area (Å²) in [6.45, 7) is 11.1. The van der Waals surface area contributed by atoms with E-state index < -0.39 is 0 Å². The van der Waals surface area contributed by atoms with Gasteiger partial charge in [-0.2, -0.15) is 0 Å². The summed E-state index contributed by atoms with van der Waals surface area (Å²) >= 11 is 0. The maximum atomic E-state index is 3.63. The van der Waals surface area contributed by atoms with Crippen LogP contribution in [0.1, 0.15) is 33.5 Å². The van der Waals surface area contributed by atoms with Crippen LogP contribution in [-0.2, 0) is 13.0 Å². The number of aryl methyl sites for hydroxylation is 2. The summed E-state index contributed by atoms with van der Waals surface area (Å²) in [4.78, 5) is 3.63. The molecule has 1 aliphatic heterocycles. The number of H-pyrrole nitrogens is 1. The molecule has 0 atom stereocenters. The smallest absolute Gasteiger partial charge is 0.0494 e. The van der Waals surface area contributed by atoms with E-state index in [2.05, 4.69) is 38.0 Å². The summed E-state index contributed by atoms with van der Waals surface area (Å²) in [6, 6.07) is 0. The normalized spacial score (nSPS) is 15.3. The molecule has 0 fully saturated rings. The van der Waals surface area contributed by atoms with E-state index in [4.69, 9.17) is 0 Å². The van der Waals surface area contributed by atoms with E-state index in [9.17, 15) is 0 Å². The van der Waals surface area contributed by atoms with Crippen LogP contribution in [0.25, 0.3) is 10.9 Å². The van der Waals surface area contributed by atoms with E-state index >= 15 is 0 Å². The second-order valence-electron chi connectivity index (χ2n) is 5.26. The van der Waals surface area contributed by atoms with Gasteiger partial charge in [-0.15, -0.1) is 0 Å². The number of nitrogens with one attached hydrogen (secondary N) is 2. The highest BCUT2D eigenvalue weighted by atomic mass is 14.9. The van der Waals surface area contributed by atoms with Gasteiger partial charge in [-0.3, -0.25) is 0 Å². The summed E-state index contributed by atoms with van der Waals surface area (Å²) in [5.74, 6) is 0. The Labute approximate surface area is 102 Å². The van der Waals surface area contributed by atoms with Gasteiger partial charge >= 0.3 is 0 Å². The lowest BCUT2D eigenvalue weighted by Gasteiger charge is -2.14. The molecule has 2 heterocycles. The van der Waals surface area contributed by atoms with Gasteiger partial charge < -0.3 is 10.3 Å². The Balaban J connectivity index is 2.46. The summed E-state index contributed by atoms with van der Waals surface area (Å²) in [6.07, 6.45) is 1.15. The molecule has 0 bridgehead atoms. The van der Waals surface area contributed by atoms with Gasteiger partial charge in [0.2, 0.25) is 0 Å². The van der Waals surface area contributed by atoms with Crippen molar-refractivity contribution in [2.75, 3.05) is 6.54 Å². The number of hydrogen-bond donors (Lipinski definition) is 2. The van der Waals surface area contributed by atoms with Gasteiger partial charge in [-0.25, -0.2) is 0 Å². The molecule has 1 aromatic carbocycles. The molecule has 2 aromatic rings. The highest BCUT2D eigenvalue weighted by molar-refractivity contribution is 5.92. The number of aromatic amines is 1. The summed E-state index contributed by atoms with van der Waals surface area (Å²) in [7, 11) is 0. The first-order valence-electron chi connectivity index (χ1n) is 6.41. The number of fused-ring (bicyclic) bond motifs is 3. The molecule has 2 heteroatoms. The molecule has 17 heavy (non-hydrogen) atoms. The maximum absolute atomic E-state index is 3.63. The number of benzene rings is 1. The predicted octanol–water partition coefficient (Wildman–Crippen LogP) is 3.05. The van der Waals surface area contributed by atoms with Crippen LogP contribution in [0.15, 0.2) is 0 Å². The molecule has 0 saturated heterocycles. The summed E-state index contributed by atoms with van der Waals surface area (Å²) < 4.78 is 0. The minimum absolute atomic E-state index is 0.987. The highest BCUT2D eigenvalue weighted by Gasteiger charge is 2.19. The average molecular weight is 228 g/mol. The van der Waals surface area contributed by atoms with Crippen LogP contribution in [0.2, 0.25) is 0 Å². The van der Waals surface area contributed by atoms with Crippen molar-refractivity contribution in [3.63, 3.8) is 0 Å². The van der Waals surface area contributed by atoms with Crippen molar-refractivity contribution in [2.24, 2.45) is 0 Å². The average Bonchev–Trinajstić information content (AvgIpc) is 2.73. The van der Waals surface area contributed by atoms with Gasteiger partial charge in [0, 0.05) is 23.1 Å². The Bertz CT molecular complexity index is 605. The third-order valence-electron chi connectivity index (χ3n) is 4.48. The Morgan fingerprint density at radius 2 is 1.59 bits per heavy atom. The molecule has 1 aliphatic rings. The zero-order chi connectivity index (χ0) is 12.2. The van der Waals surface area contributed by atoms with Crippen LogP contribution >= 0.6 is 0 Å². The predicted molar refractivity (Wildman–Crippen MR) is 72.7 cm³/mol. The number of aromatic nitrogens is 1. The monoisotopic (exact) mass is 228 g/mol. The standard InChI is InChI=1S/C15H20N2/c1-8-9(2)11(4)15-14(10(8)3)12-5-6-16-7-13(12)17-15/h16-17H,5-7H2,1-4H3. The SMILES string of the molecule is Cc1c(C)c(C)c2c3c([nH]c2c1C)CNCC3. The lowest BCUT2D eigenvalue weighted by atomic mass is 9.92. The topological polar surface area (TPSA) is 27.8 Å². The molecule has 2 nitrogen and oxygen atoms in total. The van der Waals surface area contributed by atoms with Gasteiger partial charge in [0.05, 0.1) is 0 Å². The van der Waals surface area contributed by atoms with E-state index in [1.54, 1.807) is 5.56 Å². The van der Waals surface area contributed by atoms with Crippen molar-refractivity contribution in [2.45, 2.75) is 40.7 Å². The highest BCUT2D eigenvalue weighted by Crippen LogP contribution is 2.34. The second kappa shape index (κ2) is 3.61. The van der Waals surface area contributed by atoms with E-state index in [-0.39, 0.29) is 0 Å². The molecular weight excluding hydrogens is 208 g/mol. The maximum Gasteiger partial charge on any atom is 0.0494 e. The Morgan fingerprint density at radius 1 is 0.882 bits per heavy atom. The number of hydrogen-bond acceptors (Lipinski definition) is 1. The van der Waals surface area contributed by atoms with Gasteiger partial charge in [-0.05, 0) is 68.5 Å². The molecule has 90 valence electrons. The lowest BCUT2D eigenvalue weighted by molar-refractivity contribution is 0.637. The second-order valence-corrected chi connectivity index (χ2v) is 5.26. The molecule has 0 amide bonds. The molecule has 0 aliphatic carbocycles. The third kappa shape index (κ3) is 1.37.